The first-order valence-electron chi connectivity index (χ1n) is 10.2. The van der Waals surface area contributed by atoms with Gasteiger partial charge in [-0.1, -0.05) is 6.07 Å². The van der Waals surface area contributed by atoms with E-state index >= 15 is 0 Å². The Labute approximate surface area is 162 Å². The molecule has 0 amide bonds. The summed E-state index contributed by atoms with van der Waals surface area (Å²) in [5, 5.41) is 5.07. The van der Waals surface area contributed by atoms with E-state index in [1.54, 1.807) is 6.33 Å². The molecule has 1 saturated heterocycles. The number of hydrogen-bond acceptors (Lipinski definition) is 6. The fourth-order valence-electron chi connectivity index (χ4n) is 4.34. The first kappa shape index (κ1) is 18.5. The number of aryl methyl sites for hydroxylation is 1. The molecule has 2 aromatic rings. The molecule has 3 heterocycles. The second-order valence-corrected chi connectivity index (χ2v) is 7.84. The summed E-state index contributed by atoms with van der Waals surface area (Å²) in [5.41, 5.74) is 3.73. The van der Waals surface area contributed by atoms with Gasteiger partial charge < -0.3 is 0 Å². The normalized spacial score (nSPS) is 21.6. The van der Waals surface area contributed by atoms with E-state index in [1.807, 2.05) is 18.5 Å². The smallest absolute Gasteiger partial charge is 0.115 e. The summed E-state index contributed by atoms with van der Waals surface area (Å²) >= 11 is 0. The molecule has 0 radical (unpaired) electrons. The van der Waals surface area contributed by atoms with Crippen LogP contribution in [0.15, 0.2) is 36.9 Å². The summed E-state index contributed by atoms with van der Waals surface area (Å²) < 4.78 is 0. The number of piperazine rings is 1. The third-order valence-electron chi connectivity index (χ3n) is 5.88. The van der Waals surface area contributed by atoms with Gasteiger partial charge in [-0.05, 0) is 50.8 Å². The van der Waals surface area contributed by atoms with Crippen LogP contribution in [0.5, 0.6) is 0 Å². The van der Waals surface area contributed by atoms with Gasteiger partial charge in [0.2, 0.25) is 0 Å². The maximum atomic E-state index is 4.79. The molecule has 144 valence electrons. The summed E-state index contributed by atoms with van der Waals surface area (Å²) in [5.74, 6) is 0. The lowest BCUT2D eigenvalue weighted by atomic mass is 9.91. The van der Waals surface area contributed by atoms with Gasteiger partial charge in [0.25, 0.3) is 0 Å². The van der Waals surface area contributed by atoms with Gasteiger partial charge in [0.1, 0.15) is 6.33 Å². The summed E-state index contributed by atoms with van der Waals surface area (Å²) in [6.07, 6.45) is 8.94. The number of pyridine rings is 1. The SMILES string of the molecule is CC(C)N1CCN(N(Cc2ccncn2)C2CCCc3cccnc32)CC1. The summed E-state index contributed by atoms with van der Waals surface area (Å²) in [4.78, 5) is 15.9. The van der Waals surface area contributed by atoms with E-state index < -0.39 is 0 Å². The minimum absolute atomic E-state index is 0.329. The molecule has 27 heavy (non-hydrogen) atoms. The quantitative estimate of drug-likeness (QED) is 0.811. The highest BCUT2D eigenvalue weighted by atomic mass is 15.6. The van der Waals surface area contributed by atoms with Gasteiger partial charge in [-0.25, -0.2) is 20.0 Å². The molecule has 0 N–H and O–H groups in total. The molecule has 0 saturated carbocycles. The van der Waals surface area contributed by atoms with Crippen molar-refractivity contribution in [3.63, 3.8) is 0 Å². The van der Waals surface area contributed by atoms with Gasteiger partial charge in [0, 0.05) is 44.6 Å². The molecule has 0 bridgehead atoms. The Morgan fingerprint density at radius 3 is 2.70 bits per heavy atom. The van der Waals surface area contributed by atoms with Gasteiger partial charge in [-0.2, -0.15) is 0 Å². The molecule has 0 aromatic carbocycles. The van der Waals surface area contributed by atoms with Crippen LogP contribution in [0.25, 0.3) is 0 Å². The third-order valence-corrected chi connectivity index (χ3v) is 5.88. The lowest BCUT2D eigenvalue weighted by Crippen LogP contribution is -2.56. The van der Waals surface area contributed by atoms with Crippen molar-refractivity contribution in [2.45, 2.75) is 51.7 Å². The highest BCUT2D eigenvalue weighted by Gasteiger charge is 2.33. The van der Waals surface area contributed by atoms with E-state index in [0.717, 1.165) is 51.3 Å². The van der Waals surface area contributed by atoms with Crippen LogP contribution in [0, 0.1) is 0 Å². The topological polar surface area (TPSA) is 48.4 Å². The van der Waals surface area contributed by atoms with Crippen LogP contribution in [0.1, 0.15) is 49.7 Å². The molecular formula is C21H30N6. The maximum absolute atomic E-state index is 4.79. The van der Waals surface area contributed by atoms with Crippen molar-refractivity contribution in [3.05, 3.63) is 53.9 Å². The Kier molecular flexibility index (Phi) is 5.76. The van der Waals surface area contributed by atoms with Crippen molar-refractivity contribution in [1.82, 2.24) is 29.9 Å². The monoisotopic (exact) mass is 366 g/mol. The van der Waals surface area contributed by atoms with E-state index in [4.69, 9.17) is 4.98 Å². The largest absolute Gasteiger partial charge is 0.298 e. The Bertz CT molecular complexity index is 726. The van der Waals surface area contributed by atoms with E-state index in [-0.39, 0.29) is 0 Å². The lowest BCUT2D eigenvalue weighted by Gasteiger charge is -2.46. The number of rotatable bonds is 5. The molecule has 1 unspecified atom stereocenters. The molecule has 6 heteroatoms. The molecule has 1 atom stereocenters. The predicted molar refractivity (Wildman–Crippen MR) is 106 cm³/mol. The average Bonchev–Trinajstić information content (AvgIpc) is 2.72. The van der Waals surface area contributed by atoms with E-state index in [9.17, 15) is 0 Å². The first-order chi connectivity index (χ1) is 13.2. The minimum Gasteiger partial charge on any atom is -0.298 e. The van der Waals surface area contributed by atoms with E-state index in [0.29, 0.717) is 12.1 Å². The highest BCUT2D eigenvalue weighted by Crippen LogP contribution is 2.34. The van der Waals surface area contributed by atoms with Gasteiger partial charge in [-0.3, -0.25) is 9.88 Å². The second-order valence-electron chi connectivity index (χ2n) is 7.84. The Morgan fingerprint density at radius 2 is 1.96 bits per heavy atom. The molecule has 0 spiro atoms. The van der Waals surface area contributed by atoms with Crippen LogP contribution < -0.4 is 0 Å². The van der Waals surface area contributed by atoms with Crippen molar-refractivity contribution in [3.8, 4) is 0 Å². The van der Waals surface area contributed by atoms with Gasteiger partial charge in [-0.15, -0.1) is 0 Å². The van der Waals surface area contributed by atoms with Crippen LogP contribution in [0.2, 0.25) is 0 Å². The van der Waals surface area contributed by atoms with Crippen LogP contribution in [0.3, 0.4) is 0 Å². The van der Waals surface area contributed by atoms with Crippen molar-refractivity contribution in [2.24, 2.45) is 0 Å². The minimum atomic E-state index is 0.329. The summed E-state index contributed by atoms with van der Waals surface area (Å²) in [7, 11) is 0. The van der Waals surface area contributed by atoms with E-state index in [1.165, 1.54) is 17.7 Å². The zero-order valence-electron chi connectivity index (χ0n) is 16.5. The molecule has 1 aliphatic carbocycles. The standard InChI is InChI=1S/C21H30N6/c1-17(2)25-11-13-26(14-12-25)27(15-19-8-10-22-16-24-19)20-7-3-5-18-6-4-9-23-21(18)20/h4,6,8-10,16-17,20H,3,5,7,11-15H2,1-2H3. The Morgan fingerprint density at radius 1 is 1.11 bits per heavy atom. The molecule has 1 aliphatic heterocycles. The van der Waals surface area contributed by atoms with Crippen LogP contribution >= 0.6 is 0 Å². The number of aromatic nitrogens is 3. The zero-order valence-corrected chi connectivity index (χ0v) is 16.5. The van der Waals surface area contributed by atoms with Crippen molar-refractivity contribution in [1.29, 1.82) is 0 Å². The average molecular weight is 367 g/mol. The molecule has 4 rings (SSSR count). The third kappa shape index (κ3) is 4.18. The Hall–Kier alpha value is -1.89. The number of fused-ring (bicyclic) bond motifs is 1. The second kappa shape index (κ2) is 8.42. The highest BCUT2D eigenvalue weighted by molar-refractivity contribution is 5.25. The first-order valence-corrected chi connectivity index (χ1v) is 10.2. The fraction of sp³-hybridized carbons (Fsp3) is 0.571. The van der Waals surface area contributed by atoms with E-state index in [2.05, 4.69) is 50.9 Å². The van der Waals surface area contributed by atoms with Gasteiger partial charge in [0.05, 0.1) is 24.0 Å². The zero-order chi connectivity index (χ0) is 18.6. The van der Waals surface area contributed by atoms with Gasteiger partial charge in [0.15, 0.2) is 0 Å². The van der Waals surface area contributed by atoms with Crippen LogP contribution in [0.4, 0.5) is 0 Å². The molecule has 1 fully saturated rings. The van der Waals surface area contributed by atoms with Crippen molar-refractivity contribution in [2.75, 3.05) is 26.2 Å². The van der Waals surface area contributed by atoms with Crippen LogP contribution in [-0.2, 0) is 13.0 Å². The molecule has 6 nitrogen and oxygen atoms in total. The summed E-state index contributed by atoms with van der Waals surface area (Å²) in [6.45, 7) is 9.72. The number of hydrogen-bond donors (Lipinski definition) is 0. The molecular weight excluding hydrogens is 336 g/mol. The molecule has 2 aliphatic rings. The fourth-order valence-corrected chi connectivity index (χ4v) is 4.34. The number of hydrazine groups is 1. The summed E-state index contributed by atoms with van der Waals surface area (Å²) in [6, 6.07) is 7.28. The maximum Gasteiger partial charge on any atom is 0.115 e. The lowest BCUT2D eigenvalue weighted by molar-refractivity contribution is -0.104. The van der Waals surface area contributed by atoms with Crippen molar-refractivity contribution >= 4 is 0 Å². The van der Waals surface area contributed by atoms with Gasteiger partial charge >= 0.3 is 0 Å². The Balaban J connectivity index is 1.59. The van der Waals surface area contributed by atoms with Crippen molar-refractivity contribution < 1.29 is 0 Å². The van der Waals surface area contributed by atoms with Crippen LogP contribution in [-0.4, -0.2) is 62.1 Å². The molecule has 2 aromatic heterocycles. The number of nitrogens with zero attached hydrogens (tertiary/aromatic N) is 6. The predicted octanol–water partition coefficient (Wildman–Crippen LogP) is 2.69.